The summed E-state index contributed by atoms with van der Waals surface area (Å²) in [4.78, 5) is 39.3. The smallest absolute Gasteiger partial charge is 0.467 e. The molecule has 0 bridgehead atoms. The molecule has 0 saturated carbocycles. The predicted molar refractivity (Wildman–Crippen MR) is 104 cm³/mol. The van der Waals surface area contributed by atoms with Crippen LogP contribution in [-0.4, -0.2) is 44.8 Å². The number of thioether (sulfide) groups is 1. The fourth-order valence-electron chi connectivity index (χ4n) is 3.13. The molecule has 2 aromatic rings. The number of benzene rings is 1. The summed E-state index contributed by atoms with van der Waals surface area (Å²) in [5, 5.41) is 3.86. The molecule has 7 nitrogen and oxygen atoms in total. The van der Waals surface area contributed by atoms with Crippen molar-refractivity contribution in [2.24, 2.45) is 0 Å². The maximum atomic E-state index is 13.2. The molecular formula is C20H17FN3O4S+. The third-order valence-electron chi connectivity index (χ3n) is 4.58. The van der Waals surface area contributed by atoms with E-state index in [9.17, 15) is 18.8 Å². The molecule has 2 aliphatic heterocycles. The van der Waals surface area contributed by atoms with Crippen molar-refractivity contribution in [3.63, 3.8) is 0 Å². The van der Waals surface area contributed by atoms with Crippen LogP contribution in [0.25, 0.3) is 0 Å². The van der Waals surface area contributed by atoms with Gasteiger partial charge in [-0.3, -0.25) is 4.79 Å². The van der Waals surface area contributed by atoms with Crippen molar-refractivity contribution < 1.29 is 27.8 Å². The van der Waals surface area contributed by atoms with Gasteiger partial charge in [0.2, 0.25) is 0 Å². The Morgan fingerprint density at radius 2 is 2.03 bits per heavy atom. The number of amides is 4. The van der Waals surface area contributed by atoms with Crippen molar-refractivity contribution in [2.45, 2.75) is 18.3 Å². The van der Waals surface area contributed by atoms with Crippen LogP contribution in [0.2, 0.25) is 0 Å². The van der Waals surface area contributed by atoms with Crippen LogP contribution in [0.1, 0.15) is 11.3 Å². The average molecular weight is 414 g/mol. The van der Waals surface area contributed by atoms with Gasteiger partial charge in [0.25, 0.3) is 5.91 Å². The van der Waals surface area contributed by atoms with Crippen LogP contribution < -0.4 is 5.32 Å². The number of imide groups is 1. The van der Waals surface area contributed by atoms with E-state index in [-0.39, 0.29) is 31.4 Å². The third-order valence-corrected chi connectivity index (χ3v) is 5.59. The van der Waals surface area contributed by atoms with Gasteiger partial charge < -0.3 is 9.73 Å². The van der Waals surface area contributed by atoms with Gasteiger partial charge in [-0.1, -0.05) is 12.1 Å². The highest BCUT2D eigenvalue weighted by molar-refractivity contribution is 8.04. The number of allylic oxidation sites excluding steroid dienone is 1. The Balaban J connectivity index is 1.52. The Bertz CT molecular complexity index is 1010. The van der Waals surface area contributed by atoms with Crippen LogP contribution in [-0.2, 0) is 22.7 Å². The van der Waals surface area contributed by atoms with Gasteiger partial charge in [-0.15, -0.1) is 11.8 Å². The third kappa shape index (κ3) is 4.00. The van der Waals surface area contributed by atoms with E-state index in [4.69, 9.17) is 4.42 Å². The summed E-state index contributed by atoms with van der Waals surface area (Å²) in [6.07, 6.45) is 3.19. The van der Waals surface area contributed by atoms with Gasteiger partial charge in [0.1, 0.15) is 23.8 Å². The molecule has 0 spiro atoms. The van der Waals surface area contributed by atoms with E-state index < -0.39 is 17.1 Å². The Morgan fingerprint density at radius 3 is 2.76 bits per heavy atom. The number of urea groups is 1. The van der Waals surface area contributed by atoms with Crippen molar-refractivity contribution in [1.82, 2.24) is 10.2 Å². The molecule has 1 aromatic carbocycles. The Morgan fingerprint density at radius 1 is 1.24 bits per heavy atom. The van der Waals surface area contributed by atoms with E-state index in [1.165, 1.54) is 46.9 Å². The normalized spacial score (nSPS) is 18.4. The molecule has 1 atom stereocenters. The standard InChI is InChI=1S/C20H16FN3O4S/c21-14-5-3-13(4-6-14)11-24-19(26)18-16(7-9-29-18)23(20(24)27)12-17(25)22-10-15-2-1-8-28-15/h1-9,18H,10-12H2/p+1. The number of hydrogen-bond donors (Lipinski definition) is 1. The highest BCUT2D eigenvalue weighted by Gasteiger charge is 2.49. The van der Waals surface area contributed by atoms with E-state index in [1.807, 2.05) is 0 Å². The average Bonchev–Trinajstić information content (AvgIpc) is 3.40. The number of furan rings is 1. The molecule has 0 fully saturated rings. The lowest BCUT2D eigenvalue weighted by atomic mass is 10.1. The minimum atomic E-state index is -0.578. The fraction of sp³-hybridized carbons (Fsp3) is 0.200. The second-order valence-corrected chi connectivity index (χ2v) is 7.54. The van der Waals surface area contributed by atoms with Crippen molar-refractivity contribution in [2.75, 3.05) is 6.54 Å². The molecule has 1 aromatic heterocycles. The molecule has 29 heavy (non-hydrogen) atoms. The molecular weight excluding hydrogens is 397 g/mol. The zero-order chi connectivity index (χ0) is 20.4. The Kier molecular flexibility index (Phi) is 5.30. The molecule has 0 radical (unpaired) electrons. The zero-order valence-electron chi connectivity index (χ0n) is 15.2. The number of nitrogens with one attached hydrogen (secondary N) is 1. The SMILES string of the molecule is O=C(C[N+]1=C2C=CSC2C(=O)N(Cc2ccc(F)cc2)C1=O)NCc1ccco1. The van der Waals surface area contributed by atoms with Gasteiger partial charge >= 0.3 is 11.9 Å². The van der Waals surface area contributed by atoms with Crippen LogP contribution in [0, 0.1) is 5.82 Å². The van der Waals surface area contributed by atoms with E-state index in [1.54, 1.807) is 23.6 Å². The van der Waals surface area contributed by atoms with E-state index in [0.29, 0.717) is 17.0 Å². The number of fused-ring (bicyclic) bond motifs is 1. The quantitative estimate of drug-likeness (QED) is 0.734. The van der Waals surface area contributed by atoms with Gasteiger partial charge in [0, 0.05) is 0 Å². The Labute approximate surface area is 169 Å². The lowest BCUT2D eigenvalue weighted by Gasteiger charge is -2.24. The molecule has 2 aliphatic rings. The number of hydrogen-bond acceptors (Lipinski definition) is 5. The predicted octanol–water partition coefficient (Wildman–Crippen LogP) is 2.28. The number of rotatable bonds is 6. The number of halogens is 1. The summed E-state index contributed by atoms with van der Waals surface area (Å²) in [6, 6.07) is 8.47. The van der Waals surface area contributed by atoms with Crippen LogP contribution in [0.4, 0.5) is 9.18 Å². The van der Waals surface area contributed by atoms with Gasteiger partial charge in [-0.05, 0) is 41.3 Å². The fourth-order valence-corrected chi connectivity index (χ4v) is 4.09. The van der Waals surface area contributed by atoms with Crippen LogP contribution >= 0.6 is 11.8 Å². The molecule has 4 rings (SSSR count). The summed E-state index contributed by atoms with van der Waals surface area (Å²) in [6.45, 7) is -0.00822. The van der Waals surface area contributed by atoms with Gasteiger partial charge in [0.05, 0.1) is 12.8 Å². The van der Waals surface area contributed by atoms with E-state index in [0.717, 1.165) is 4.90 Å². The van der Waals surface area contributed by atoms with Crippen LogP contribution in [0.3, 0.4) is 0 Å². The molecule has 1 N–H and O–H groups in total. The van der Waals surface area contributed by atoms with Gasteiger partial charge in [0.15, 0.2) is 11.8 Å². The van der Waals surface area contributed by atoms with Crippen molar-refractivity contribution in [3.8, 4) is 0 Å². The van der Waals surface area contributed by atoms with Gasteiger partial charge in [-0.25, -0.2) is 9.18 Å². The first-order valence-electron chi connectivity index (χ1n) is 8.88. The maximum Gasteiger partial charge on any atom is 0.501 e. The lowest BCUT2D eigenvalue weighted by molar-refractivity contribution is -0.427. The van der Waals surface area contributed by atoms with E-state index >= 15 is 0 Å². The van der Waals surface area contributed by atoms with Crippen molar-refractivity contribution in [1.29, 1.82) is 0 Å². The molecule has 0 saturated heterocycles. The van der Waals surface area contributed by atoms with E-state index in [2.05, 4.69) is 5.32 Å². The molecule has 0 aliphatic carbocycles. The topological polar surface area (TPSA) is 82.6 Å². The minimum absolute atomic E-state index is 0.00675. The summed E-state index contributed by atoms with van der Waals surface area (Å²) in [7, 11) is 0. The molecule has 3 heterocycles. The number of nitrogens with zero attached hydrogens (tertiary/aromatic N) is 2. The number of carbonyl (C=O) groups excluding carboxylic acids is 3. The monoisotopic (exact) mass is 414 g/mol. The van der Waals surface area contributed by atoms with Crippen molar-refractivity contribution in [3.05, 3.63) is 71.3 Å². The second kappa shape index (κ2) is 8.04. The number of carbonyl (C=O) groups is 3. The summed E-state index contributed by atoms with van der Waals surface area (Å²) < 4.78 is 19.6. The highest BCUT2D eigenvalue weighted by Crippen LogP contribution is 2.28. The lowest BCUT2D eigenvalue weighted by Crippen LogP contribution is -2.56. The molecule has 4 amide bonds. The van der Waals surface area contributed by atoms with Gasteiger partial charge in [-0.2, -0.15) is 14.3 Å². The molecule has 9 heteroatoms. The Hall–Kier alpha value is -3.20. The molecule has 1 unspecified atom stereocenters. The molecule has 148 valence electrons. The van der Waals surface area contributed by atoms with Crippen LogP contribution in [0.15, 0.2) is 58.6 Å². The minimum Gasteiger partial charge on any atom is -0.467 e. The first kappa shape index (κ1) is 19.1. The zero-order valence-corrected chi connectivity index (χ0v) is 16.0. The highest BCUT2D eigenvalue weighted by atomic mass is 32.2. The first-order valence-corrected chi connectivity index (χ1v) is 9.82. The second-order valence-electron chi connectivity index (χ2n) is 6.52. The van der Waals surface area contributed by atoms with Crippen molar-refractivity contribution >= 4 is 35.3 Å². The largest absolute Gasteiger partial charge is 0.501 e. The first-order chi connectivity index (χ1) is 14.0. The summed E-state index contributed by atoms with van der Waals surface area (Å²) in [5.41, 5.74) is 1.11. The summed E-state index contributed by atoms with van der Waals surface area (Å²) in [5.74, 6) is -0.525. The summed E-state index contributed by atoms with van der Waals surface area (Å²) >= 11 is 1.29. The van der Waals surface area contributed by atoms with Crippen LogP contribution in [0.5, 0.6) is 0 Å². The maximum absolute atomic E-state index is 13.2.